The van der Waals surface area contributed by atoms with Gasteiger partial charge in [0.05, 0.1) is 13.2 Å². The van der Waals surface area contributed by atoms with Crippen molar-refractivity contribution in [3.05, 3.63) is 54.1 Å². The minimum absolute atomic E-state index is 0.550. The first-order chi connectivity index (χ1) is 12.7. The van der Waals surface area contributed by atoms with Crippen LogP contribution in [0.3, 0.4) is 0 Å². The summed E-state index contributed by atoms with van der Waals surface area (Å²) in [5.74, 6) is 2.38. The molecule has 1 aromatic heterocycles. The second kappa shape index (κ2) is 8.54. The van der Waals surface area contributed by atoms with Crippen LogP contribution in [0.5, 0.6) is 5.75 Å². The van der Waals surface area contributed by atoms with Gasteiger partial charge in [-0.25, -0.2) is 0 Å². The zero-order valence-corrected chi connectivity index (χ0v) is 15.7. The summed E-state index contributed by atoms with van der Waals surface area (Å²) in [7, 11) is 1.65. The van der Waals surface area contributed by atoms with Crippen molar-refractivity contribution in [3.63, 3.8) is 0 Å². The van der Waals surface area contributed by atoms with E-state index in [1.54, 1.807) is 18.9 Å². The van der Waals surface area contributed by atoms with E-state index < -0.39 is 0 Å². The molecule has 0 aliphatic rings. The van der Waals surface area contributed by atoms with E-state index >= 15 is 0 Å². The molecule has 0 spiro atoms. The van der Waals surface area contributed by atoms with Gasteiger partial charge in [0.1, 0.15) is 5.75 Å². The van der Waals surface area contributed by atoms with Gasteiger partial charge >= 0.3 is 0 Å². The van der Waals surface area contributed by atoms with Crippen molar-refractivity contribution < 1.29 is 4.74 Å². The largest absolute Gasteiger partial charge is 0.497 e. The van der Waals surface area contributed by atoms with E-state index in [0.717, 1.165) is 40.2 Å². The van der Waals surface area contributed by atoms with E-state index in [2.05, 4.69) is 52.0 Å². The van der Waals surface area contributed by atoms with Crippen LogP contribution in [-0.4, -0.2) is 27.6 Å². The Kier molecular flexibility index (Phi) is 5.92. The van der Waals surface area contributed by atoms with Crippen molar-refractivity contribution in [1.82, 2.24) is 14.8 Å². The Morgan fingerprint density at radius 3 is 2.69 bits per heavy atom. The predicted octanol–water partition coefficient (Wildman–Crippen LogP) is 4.65. The molecule has 0 N–H and O–H groups in total. The summed E-state index contributed by atoms with van der Waals surface area (Å²) >= 11 is 1.62. The zero-order chi connectivity index (χ0) is 18.4. The molecule has 0 aliphatic heterocycles. The Morgan fingerprint density at radius 1 is 1.15 bits per heavy atom. The molecular weight excluding hydrogens is 344 g/mol. The molecule has 6 heteroatoms. The van der Waals surface area contributed by atoms with Crippen molar-refractivity contribution in [2.24, 2.45) is 0 Å². The zero-order valence-electron chi connectivity index (χ0n) is 14.8. The van der Waals surface area contributed by atoms with Gasteiger partial charge in [-0.05, 0) is 37.6 Å². The number of nitrogens with zero attached hydrogens (tertiary/aromatic N) is 4. The maximum Gasteiger partial charge on any atom is 0.196 e. The number of unbranched alkanes of at least 4 members (excludes halogenated alkanes) is 1. The molecule has 0 bridgehead atoms. The Labute approximate surface area is 157 Å². The smallest absolute Gasteiger partial charge is 0.196 e. The molecule has 2 aromatic carbocycles. The maximum atomic E-state index is 8.72. The summed E-state index contributed by atoms with van der Waals surface area (Å²) in [6.45, 7) is 2.07. The molecule has 0 amide bonds. The van der Waals surface area contributed by atoms with E-state index in [0.29, 0.717) is 6.42 Å². The molecule has 0 atom stereocenters. The highest BCUT2D eigenvalue weighted by Gasteiger charge is 2.16. The van der Waals surface area contributed by atoms with Crippen LogP contribution in [-0.2, 0) is 0 Å². The van der Waals surface area contributed by atoms with Crippen molar-refractivity contribution in [1.29, 1.82) is 5.26 Å². The van der Waals surface area contributed by atoms with Gasteiger partial charge < -0.3 is 4.74 Å². The third-order valence-corrected chi connectivity index (χ3v) is 4.93. The first-order valence-corrected chi connectivity index (χ1v) is 9.38. The average Bonchev–Trinajstić information content (AvgIpc) is 3.10. The van der Waals surface area contributed by atoms with Crippen LogP contribution < -0.4 is 4.74 Å². The molecule has 1 heterocycles. The van der Waals surface area contributed by atoms with Crippen LogP contribution >= 0.6 is 11.8 Å². The number of aromatic nitrogens is 3. The number of hydrogen-bond donors (Lipinski definition) is 0. The number of thioether (sulfide) groups is 1. The van der Waals surface area contributed by atoms with Crippen LogP contribution in [0, 0.1) is 18.3 Å². The fourth-order valence-corrected chi connectivity index (χ4v) is 3.44. The van der Waals surface area contributed by atoms with Gasteiger partial charge in [-0.1, -0.05) is 41.6 Å². The monoisotopic (exact) mass is 364 g/mol. The van der Waals surface area contributed by atoms with E-state index in [4.69, 9.17) is 10.00 Å². The van der Waals surface area contributed by atoms with Gasteiger partial charge in [0.25, 0.3) is 0 Å². The number of ether oxygens (including phenoxy) is 1. The third-order valence-electron chi connectivity index (χ3n) is 3.92. The highest BCUT2D eigenvalue weighted by molar-refractivity contribution is 7.99. The summed E-state index contributed by atoms with van der Waals surface area (Å²) in [6.07, 6.45) is 1.38. The number of rotatable bonds is 7. The lowest BCUT2D eigenvalue weighted by Gasteiger charge is -2.11. The molecule has 0 fully saturated rings. The average molecular weight is 364 g/mol. The van der Waals surface area contributed by atoms with E-state index in [9.17, 15) is 0 Å². The van der Waals surface area contributed by atoms with Gasteiger partial charge in [-0.2, -0.15) is 5.26 Å². The first-order valence-electron chi connectivity index (χ1n) is 8.39. The summed E-state index contributed by atoms with van der Waals surface area (Å²) in [6, 6.07) is 18.3. The Bertz CT molecular complexity index is 912. The Balaban J connectivity index is 2.02. The van der Waals surface area contributed by atoms with Gasteiger partial charge in [0.2, 0.25) is 0 Å². The van der Waals surface area contributed by atoms with E-state index in [1.807, 2.05) is 24.3 Å². The maximum absolute atomic E-state index is 8.72. The standard InChI is InChI=1S/C20H20N4OS/c1-15-8-10-17(11-9-15)24-19(16-6-5-7-18(14-16)25-2)22-23-20(24)26-13-4-3-12-21/h5-11,14H,3-4,13H2,1-2H3. The predicted molar refractivity (Wildman–Crippen MR) is 104 cm³/mol. The van der Waals surface area contributed by atoms with Gasteiger partial charge in [0.15, 0.2) is 11.0 Å². The molecule has 132 valence electrons. The molecule has 3 rings (SSSR count). The molecule has 0 radical (unpaired) electrons. The van der Waals surface area contributed by atoms with Crippen molar-refractivity contribution in [2.75, 3.05) is 12.9 Å². The summed E-state index contributed by atoms with van der Waals surface area (Å²) in [4.78, 5) is 0. The lowest BCUT2D eigenvalue weighted by atomic mass is 10.2. The van der Waals surface area contributed by atoms with Crippen LogP contribution in [0.2, 0.25) is 0 Å². The summed E-state index contributed by atoms with van der Waals surface area (Å²) in [5, 5.41) is 18.4. The van der Waals surface area contributed by atoms with Crippen molar-refractivity contribution in [3.8, 4) is 28.9 Å². The number of benzene rings is 2. The Morgan fingerprint density at radius 2 is 1.96 bits per heavy atom. The SMILES string of the molecule is COc1cccc(-c2nnc(SCCCC#N)n2-c2ccc(C)cc2)c1. The first kappa shape index (κ1) is 18.0. The van der Waals surface area contributed by atoms with E-state index in [1.165, 1.54) is 5.56 Å². The summed E-state index contributed by atoms with van der Waals surface area (Å²) in [5.41, 5.74) is 3.16. The van der Waals surface area contributed by atoms with Crippen molar-refractivity contribution >= 4 is 11.8 Å². The van der Waals surface area contributed by atoms with Crippen LogP contribution in [0.4, 0.5) is 0 Å². The third kappa shape index (κ3) is 4.06. The normalized spacial score (nSPS) is 10.5. The number of aryl methyl sites for hydroxylation is 1. The fourth-order valence-electron chi connectivity index (χ4n) is 2.55. The highest BCUT2D eigenvalue weighted by Crippen LogP contribution is 2.30. The molecule has 0 saturated heterocycles. The van der Waals surface area contributed by atoms with Crippen LogP contribution in [0.1, 0.15) is 18.4 Å². The topological polar surface area (TPSA) is 63.7 Å². The number of hydrogen-bond acceptors (Lipinski definition) is 5. The quantitative estimate of drug-likeness (QED) is 0.451. The lowest BCUT2D eigenvalue weighted by molar-refractivity contribution is 0.415. The molecule has 0 unspecified atom stereocenters. The minimum atomic E-state index is 0.550. The number of methoxy groups -OCH3 is 1. The second-order valence-electron chi connectivity index (χ2n) is 5.82. The molecule has 3 aromatic rings. The van der Waals surface area contributed by atoms with Crippen LogP contribution in [0.25, 0.3) is 17.1 Å². The number of nitriles is 1. The van der Waals surface area contributed by atoms with Gasteiger partial charge in [-0.15, -0.1) is 10.2 Å². The fraction of sp³-hybridized carbons (Fsp3) is 0.250. The minimum Gasteiger partial charge on any atom is -0.497 e. The molecule has 0 aliphatic carbocycles. The van der Waals surface area contributed by atoms with Gasteiger partial charge in [0, 0.05) is 23.4 Å². The van der Waals surface area contributed by atoms with Crippen LogP contribution in [0.15, 0.2) is 53.7 Å². The second-order valence-corrected chi connectivity index (χ2v) is 6.88. The molecule has 5 nitrogen and oxygen atoms in total. The van der Waals surface area contributed by atoms with Crippen molar-refractivity contribution in [2.45, 2.75) is 24.9 Å². The lowest BCUT2D eigenvalue weighted by Crippen LogP contribution is -2.00. The van der Waals surface area contributed by atoms with E-state index in [-0.39, 0.29) is 0 Å². The Hall–Kier alpha value is -2.78. The summed E-state index contributed by atoms with van der Waals surface area (Å²) < 4.78 is 7.40. The molecular formula is C20H20N4OS. The molecule has 26 heavy (non-hydrogen) atoms. The molecule has 0 saturated carbocycles. The highest BCUT2D eigenvalue weighted by atomic mass is 32.2. The van der Waals surface area contributed by atoms with Gasteiger partial charge in [-0.3, -0.25) is 4.57 Å².